The fourth-order valence-corrected chi connectivity index (χ4v) is 1.37. The lowest BCUT2D eigenvalue weighted by atomic mass is 10.2. The summed E-state index contributed by atoms with van der Waals surface area (Å²) in [4.78, 5) is 22.0. The number of carbonyl (C=O) groups is 2. The van der Waals surface area contributed by atoms with Crippen molar-refractivity contribution in [1.29, 1.82) is 0 Å². The lowest BCUT2D eigenvalue weighted by Gasteiger charge is -2.11. The van der Waals surface area contributed by atoms with E-state index in [1.807, 2.05) is 0 Å². The van der Waals surface area contributed by atoms with Gasteiger partial charge in [0.15, 0.2) is 6.61 Å². The fraction of sp³-hybridized carbons (Fsp3) is 0.385. The van der Waals surface area contributed by atoms with E-state index in [1.165, 1.54) is 0 Å². The highest BCUT2D eigenvalue weighted by molar-refractivity contribution is 5.92. The van der Waals surface area contributed by atoms with Crippen LogP contribution in [0.25, 0.3) is 0 Å². The van der Waals surface area contributed by atoms with Crippen LogP contribution in [-0.2, 0) is 14.3 Å². The highest BCUT2D eigenvalue weighted by atomic mass is 16.5. The molecule has 0 saturated carbocycles. The van der Waals surface area contributed by atoms with E-state index in [0.717, 1.165) is 0 Å². The zero-order valence-corrected chi connectivity index (χ0v) is 10.9. The second-order valence-corrected chi connectivity index (χ2v) is 4.05. The number of nitrogens with one attached hydrogen (secondary N) is 1. The molecule has 0 radical (unpaired) electrons. The zero-order valence-electron chi connectivity index (χ0n) is 10.9. The zero-order chi connectivity index (χ0) is 14.3. The Kier molecular flexibility index (Phi) is 5.81. The Labute approximate surface area is 111 Å². The van der Waals surface area contributed by atoms with E-state index in [0.29, 0.717) is 18.0 Å². The number of carboxylic acids is 1. The van der Waals surface area contributed by atoms with Gasteiger partial charge in [-0.3, -0.25) is 4.79 Å². The third kappa shape index (κ3) is 5.39. The van der Waals surface area contributed by atoms with Gasteiger partial charge in [-0.2, -0.15) is 0 Å². The van der Waals surface area contributed by atoms with Crippen LogP contribution in [0.2, 0.25) is 0 Å². The van der Waals surface area contributed by atoms with Crippen molar-refractivity contribution < 1.29 is 24.2 Å². The summed E-state index contributed by atoms with van der Waals surface area (Å²) in [5, 5.41) is 11.2. The number of anilines is 1. The van der Waals surface area contributed by atoms with Crippen LogP contribution >= 0.6 is 0 Å². The van der Waals surface area contributed by atoms with Crippen LogP contribution in [0.5, 0.6) is 5.75 Å². The molecule has 1 unspecified atom stereocenters. The van der Waals surface area contributed by atoms with E-state index >= 15 is 0 Å². The first-order valence-corrected chi connectivity index (χ1v) is 5.77. The third-order valence-electron chi connectivity index (χ3n) is 2.35. The molecular formula is C13H17NO5. The summed E-state index contributed by atoms with van der Waals surface area (Å²) in [5.74, 6) is -0.981. The monoisotopic (exact) mass is 267 g/mol. The van der Waals surface area contributed by atoms with Crippen LogP contribution in [0.15, 0.2) is 24.3 Å². The highest BCUT2D eigenvalue weighted by Crippen LogP contribution is 2.16. The van der Waals surface area contributed by atoms with Crippen LogP contribution in [0.1, 0.15) is 6.92 Å². The van der Waals surface area contributed by atoms with E-state index < -0.39 is 12.6 Å². The molecular weight excluding hydrogens is 250 g/mol. The van der Waals surface area contributed by atoms with Crippen LogP contribution in [0.4, 0.5) is 5.69 Å². The molecule has 104 valence electrons. The molecule has 0 fully saturated rings. The molecule has 6 nitrogen and oxygen atoms in total. The summed E-state index contributed by atoms with van der Waals surface area (Å²) in [6.45, 7) is 1.73. The first-order valence-electron chi connectivity index (χ1n) is 5.77. The molecule has 0 spiro atoms. The molecule has 2 N–H and O–H groups in total. The number of methoxy groups -OCH3 is 1. The fourth-order valence-electron chi connectivity index (χ4n) is 1.37. The summed E-state index contributed by atoms with van der Waals surface area (Å²) < 4.78 is 9.88. The Morgan fingerprint density at radius 1 is 1.32 bits per heavy atom. The summed E-state index contributed by atoms with van der Waals surface area (Å²) in [5.41, 5.74) is 0.621. The number of rotatable bonds is 7. The van der Waals surface area contributed by atoms with Gasteiger partial charge in [-0.05, 0) is 24.3 Å². The maximum absolute atomic E-state index is 11.7. The minimum Gasteiger partial charge on any atom is -0.482 e. The second kappa shape index (κ2) is 7.38. The molecule has 0 aliphatic rings. The Morgan fingerprint density at radius 2 is 1.95 bits per heavy atom. The van der Waals surface area contributed by atoms with E-state index in [-0.39, 0.29) is 11.8 Å². The van der Waals surface area contributed by atoms with Gasteiger partial charge in [0.2, 0.25) is 5.91 Å². The molecule has 0 aliphatic carbocycles. The molecule has 6 heteroatoms. The predicted octanol–water partition coefficient (Wildman–Crippen LogP) is 1.37. The van der Waals surface area contributed by atoms with Crippen LogP contribution in [0, 0.1) is 5.92 Å². The normalized spacial score (nSPS) is 11.7. The van der Waals surface area contributed by atoms with Crippen molar-refractivity contribution >= 4 is 17.6 Å². The molecule has 1 amide bonds. The Hall–Kier alpha value is -2.08. The van der Waals surface area contributed by atoms with E-state index in [4.69, 9.17) is 14.6 Å². The number of carboxylic acid groups (broad SMARTS) is 1. The molecule has 19 heavy (non-hydrogen) atoms. The Bertz CT molecular complexity index is 429. The molecule has 0 saturated heterocycles. The second-order valence-electron chi connectivity index (χ2n) is 4.05. The van der Waals surface area contributed by atoms with Gasteiger partial charge in [0, 0.05) is 12.8 Å². The molecule has 0 bridgehead atoms. The van der Waals surface area contributed by atoms with Gasteiger partial charge < -0.3 is 19.9 Å². The van der Waals surface area contributed by atoms with Gasteiger partial charge in [-0.15, -0.1) is 0 Å². The lowest BCUT2D eigenvalue weighted by molar-refractivity contribution is -0.139. The number of aliphatic carboxylic acids is 1. The van der Waals surface area contributed by atoms with E-state index in [1.54, 1.807) is 38.3 Å². The first kappa shape index (κ1) is 15.0. The predicted molar refractivity (Wildman–Crippen MR) is 69.2 cm³/mol. The minimum absolute atomic E-state index is 0.138. The standard InChI is InChI=1S/C13H17NO5/c1-9(7-18-2)13(17)14-10-3-5-11(6-4-10)19-8-12(15)16/h3-6,9H,7-8H2,1-2H3,(H,14,17)(H,15,16). The lowest BCUT2D eigenvalue weighted by Crippen LogP contribution is -2.23. The van der Waals surface area contributed by atoms with E-state index in [2.05, 4.69) is 5.32 Å². The van der Waals surface area contributed by atoms with Crippen LogP contribution < -0.4 is 10.1 Å². The van der Waals surface area contributed by atoms with Gasteiger partial charge in [0.25, 0.3) is 0 Å². The smallest absolute Gasteiger partial charge is 0.341 e. The minimum atomic E-state index is -1.04. The van der Waals surface area contributed by atoms with Crippen molar-refractivity contribution in [3.05, 3.63) is 24.3 Å². The number of ether oxygens (including phenoxy) is 2. The van der Waals surface area contributed by atoms with Crippen molar-refractivity contribution in [2.45, 2.75) is 6.92 Å². The topological polar surface area (TPSA) is 84.9 Å². The molecule has 0 aromatic heterocycles. The number of hydrogen-bond donors (Lipinski definition) is 2. The summed E-state index contributed by atoms with van der Waals surface area (Å²) in [7, 11) is 1.54. The molecule has 0 aliphatic heterocycles. The molecule has 0 heterocycles. The highest BCUT2D eigenvalue weighted by Gasteiger charge is 2.12. The molecule has 1 rings (SSSR count). The quantitative estimate of drug-likeness (QED) is 0.779. The number of hydrogen-bond acceptors (Lipinski definition) is 4. The van der Waals surface area contributed by atoms with Gasteiger partial charge in [0.1, 0.15) is 5.75 Å². The third-order valence-corrected chi connectivity index (χ3v) is 2.35. The maximum Gasteiger partial charge on any atom is 0.341 e. The van der Waals surface area contributed by atoms with Gasteiger partial charge in [-0.1, -0.05) is 6.92 Å². The van der Waals surface area contributed by atoms with Gasteiger partial charge in [-0.25, -0.2) is 4.79 Å². The summed E-state index contributed by atoms with van der Waals surface area (Å²) >= 11 is 0. The van der Waals surface area contributed by atoms with Gasteiger partial charge >= 0.3 is 5.97 Å². The average Bonchev–Trinajstić information content (AvgIpc) is 2.38. The number of carbonyl (C=O) groups excluding carboxylic acids is 1. The SMILES string of the molecule is COCC(C)C(=O)Nc1ccc(OCC(=O)O)cc1. The average molecular weight is 267 g/mol. The van der Waals surface area contributed by atoms with Crippen LogP contribution in [-0.4, -0.2) is 37.3 Å². The largest absolute Gasteiger partial charge is 0.482 e. The van der Waals surface area contributed by atoms with Crippen molar-refractivity contribution in [2.24, 2.45) is 5.92 Å². The maximum atomic E-state index is 11.7. The first-order chi connectivity index (χ1) is 9.02. The molecule has 1 aromatic carbocycles. The summed E-state index contributed by atoms with van der Waals surface area (Å²) in [6, 6.07) is 6.49. The van der Waals surface area contributed by atoms with Crippen molar-refractivity contribution in [1.82, 2.24) is 0 Å². The Morgan fingerprint density at radius 3 is 2.47 bits per heavy atom. The molecule has 1 atom stereocenters. The van der Waals surface area contributed by atoms with E-state index in [9.17, 15) is 9.59 Å². The van der Waals surface area contributed by atoms with Crippen LogP contribution in [0.3, 0.4) is 0 Å². The number of amides is 1. The number of benzene rings is 1. The molecule has 1 aromatic rings. The van der Waals surface area contributed by atoms with Gasteiger partial charge in [0.05, 0.1) is 12.5 Å². The van der Waals surface area contributed by atoms with Crippen molar-refractivity contribution in [2.75, 3.05) is 25.6 Å². The van der Waals surface area contributed by atoms with Crippen molar-refractivity contribution in [3.8, 4) is 5.75 Å². The summed E-state index contributed by atoms with van der Waals surface area (Å²) in [6.07, 6.45) is 0. The van der Waals surface area contributed by atoms with Crippen molar-refractivity contribution in [3.63, 3.8) is 0 Å². The Balaban J connectivity index is 2.52.